The van der Waals surface area contributed by atoms with E-state index in [-0.39, 0.29) is 29.7 Å². The molecule has 0 fully saturated rings. The van der Waals surface area contributed by atoms with Gasteiger partial charge in [0.1, 0.15) is 11.5 Å². The maximum absolute atomic E-state index is 13.5. The van der Waals surface area contributed by atoms with E-state index in [1.165, 1.54) is 6.20 Å². The van der Waals surface area contributed by atoms with E-state index in [1.54, 1.807) is 6.07 Å². The number of rotatable bonds is 3. The van der Waals surface area contributed by atoms with Crippen LogP contribution in [0.1, 0.15) is 32.9 Å². The van der Waals surface area contributed by atoms with Gasteiger partial charge in [0.15, 0.2) is 0 Å². The van der Waals surface area contributed by atoms with Gasteiger partial charge in [-0.1, -0.05) is 0 Å². The minimum atomic E-state index is -4.66. The van der Waals surface area contributed by atoms with Crippen LogP contribution in [-0.4, -0.2) is 27.6 Å². The van der Waals surface area contributed by atoms with Crippen LogP contribution in [0.15, 0.2) is 34.9 Å². The Hall–Kier alpha value is -3.30. The molecule has 3 heterocycles. The summed E-state index contributed by atoms with van der Waals surface area (Å²) in [6.45, 7) is 0.440. The van der Waals surface area contributed by atoms with Crippen molar-refractivity contribution in [3.05, 3.63) is 64.4 Å². The van der Waals surface area contributed by atoms with Crippen molar-refractivity contribution in [3.63, 3.8) is 0 Å². The van der Waals surface area contributed by atoms with Crippen LogP contribution >= 0.6 is 0 Å². The molecule has 1 amide bonds. The molecule has 0 aliphatic carbocycles. The normalized spacial score (nSPS) is 13.9. The van der Waals surface area contributed by atoms with E-state index in [9.17, 15) is 22.4 Å². The minimum Gasteiger partial charge on any atom is -0.419 e. The standard InChI is InChI=1S/C18H12F4N4O2/c19-11-6-9(5-10(8-11)18(20,21)22)7-14-25-26-17(28-14)15-12-1-4-24-16(27)13(12)2-3-23-15/h2-3,5-6,8H,1,4,7H2,(H,24,27). The van der Waals surface area contributed by atoms with Crippen LogP contribution in [0.3, 0.4) is 0 Å². The molecule has 28 heavy (non-hydrogen) atoms. The van der Waals surface area contributed by atoms with Crippen LogP contribution in [0.5, 0.6) is 0 Å². The van der Waals surface area contributed by atoms with Gasteiger partial charge in [-0.3, -0.25) is 9.78 Å². The lowest BCUT2D eigenvalue weighted by atomic mass is 9.99. The molecule has 1 N–H and O–H groups in total. The summed E-state index contributed by atoms with van der Waals surface area (Å²) in [4.78, 5) is 16.1. The molecule has 6 nitrogen and oxygen atoms in total. The lowest BCUT2D eigenvalue weighted by Gasteiger charge is -2.17. The highest BCUT2D eigenvalue weighted by atomic mass is 19.4. The van der Waals surface area contributed by atoms with Crippen molar-refractivity contribution >= 4 is 5.91 Å². The summed E-state index contributed by atoms with van der Waals surface area (Å²) in [5, 5.41) is 10.4. The molecule has 144 valence electrons. The van der Waals surface area contributed by atoms with E-state index in [0.29, 0.717) is 35.9 Å². The zero-order valence-corrected chi connectivity index (χ0v) is 14.2. The van der Waals surface area contributed by atoms with Crippen molar-refractivity contribution in [2.45, 2.75) is 19.0 Å². The molecule has 0 saturated heterocycles. The van der Waals surface area contributed by atoms with E-state index in [2.05, 4.69) is 20.5 Å². The number of benzene rings is 1. The number of hydrogen-bond acceptors (Lipinski definition) is 5. The van der Waals surface area contributed by atoms with Crippen molar-refractivity contribution in [2.75, 3.05) is 6.54 Å². The van der Waals surface area contributed by atoms with E-state index >= 15 is 0 Å². The topological polar surface area (TPSA) is 80.9 Å². The molecular formula is C18H12F4N4O2. The summed E-state index contributed by atoms with van der Waals surface area (Å²) in [5.74, 6) is -1.18. The highest BCUT2D eigenvalue weighted by molar-refractivity contribution is 5.97. The van der Waals surface area contributed by atoms with Crippen LogP contribution in [0.2, 0.25) is 0 Å². The van der Waals surface area contributed by atoms with Gasteiger partial charge in [-0.05, 0) is 41.8 Å². The average Bonchev–Trinajstić information content (AvgIpc) is 3.09. The van der Waals surface area contributed by atoms with Crippen LogP contribution < -0.4 is 5.32 Å². The lowest BCUT2D eigenvalue weighted by molar-refractivity contribution is -0.137. The summed E-state index contributed by atoms with van der Waals surface area (Å²) in [6, 6.07) is 3.82. The number of aromatic nitrogens is 3. The Balaban J connectivity index is 1.64. The monoisotopic (exact) mass is 392 g/mol. The first-order valence-corrected chi connectivity index (χ1v) is 8.27. The van der Waals surface area contributed by atoms with E-state index in [0.717, 1.165) is 12.1 Å². The Morgan fingerprint density at radius 3 is 2.79 bits per heavy atom. The van der Waals surface area contributed by atoms with Crippen molar-refractivity contribution in [1.82, 2.24) is 20.5 Å². The molecule has 0 atom stereocenters. The zero-order valence-electron chi connectivity index (χ0n) is 14.2. The maximum atomic E-state index is 13.5. The number of halogens is 4. The fraction of sp³-hybridized carbons (Fsp3) is 0.222. The number of amides is 1. The number of hydrogen-bond donors (Lipinski definition) is 1. The van der Waals surface area contributed by atoms with Crippen LogP contribution in [0.25, 0.3) is 11.6 Å². The minimum absolute atomic E-state index is 0.00777. The fourth-order valence-corrected chi connectivity index (χ4v) is 3.05. The third-order valence-electron chi connectivity index (χ3n) is 4.27. The molecule has 0 unspecified atom stereocenters. The van der Waals surface area contributed by atoms with Gasteiger partial charge in [0.25, 0.3) is 11.8 Å². The van der Waals surface area contributed by atoms with Crippen molar-refractivity contribution in [1.29, 1.82) is 0 Å². The summed E-state index contributed by atoms with van der Waals surface area (Å²) >= 11 is 0. The van der Waals surface area contributed by atoms with Crippen LogP contribution in [0.4, 0.5) is 17.6 Å². The molecule has 10 heteroatoms. The van der Waals surface area contributed by atoms with Gasteiger partial charge >= 0.3 is 6.18 Å². The first kappa shape index (κ1) is 18.1. The Morgan fingerprint density at radius 2 is 2.00 bits per heavy atom. The molecule has 1 aromatic carbocycles. The molecule has 0 radical (unpaired) electrons. The van der Waals surface area contributed by atoms with Gasteiger partial charge in [-0.25, -0.2) is 4.39 Å². The number of alkyl halides is 3. The summed E-state index contributed by atoms with van der Waals surface area (Å²) in [5.41, 5.74) is 0.417. The Labute approximate surface area is 155 Å². The number of nitrogens with zero attached hydrogens (tertiary/aromatic N) is 3. The predicted octanol–water partition coefficient (Wildman–Crippen LogP) is 3.17. The van der Waals surface area contributed by atoms with Crippen molar-refractivity contribution < 1.29 is 26.8 Å². The molecular weight excluding hydrogens is 380 g/mol. The number of fused-ring (bicyclic) bond motifs is 1. The second kappa shape index (κ2) is 6.70. The zero-order chi connectivity index (χ0) is 19.9. The average molecular weight is 392 g/mol. The Morgan fingerprint density at radius 1 is 1.18 bits per heavy atom. The number of nitrogens with one attached hydrogen (secondary N) is 1. The van der Waals surface area contributed by atoms with Crippen molar-refractivity contribution in [2.24, 2.45) is 0 Å². The highest BCUT2D eigenvalue weighted by Gasteiger charge is 2.31. The first-order valence-electron chi connectivity index (χ1n) is 8.27. The maximum Gasteiger partial charge on any atom is 0.416 e. The molecule has 1 aliphatic rings. The molecule has 1 aliphatic heterocycles. The third kappa shape index (κ3) is 3.45. The summed E-state index contributed by atoms with van der Waals surface area (Å²) < 4.78 is 57.6. The number of carbonyl (C=O) groups excluding carboxylic acids is 1. The highest BCUT2D eigenvalue weighted by Crippen LogP contribution is 2.31. The van der Waals surface area contributed by atoms with Crippen LogP contribution in [-0.2, 0) is 19.0 Å². The van der Waals surface area contributed by atoms with Gasteiger partial charge in [0, 0.05) is 18.3 Å². The lowest BCUT2D eigenvalue weighted by Crippen LogP contribution is -2.32. The Bertz CT molecular complexity index is 1060. The van der Waals surface area contributed by atoms with Crippen LogP contribution in [0, 0.1) is 5.82 Å². The summed E-state index contributed by atoms with van der Waals surface area (Å²) in [6.07, 6.45) is -2.88. The number of pyridine rings is 1. The van der Waals surface area contributed by atoms with E-state index in [4.69, 9.17) is 4.42 Å². The van der Waals surface area contributed by atoms with Gasteiger partial charge in [-0.2, -0.15) is 13.2 Å². The van der Waals surface area contributed by atoms with Gasteiger partial charge in [0.05, 0.1) is 12.0 Å². The summed E-state index contributed by atoms with van der Waals surface area (Å²) in [7, 11) is 0. The SMILES string of the molecule is O=C1NCCc2c1ccnc2-c1nnc(Cc2cc(F)cc(C(F)(F)F)c2)o1. The molecule has 0 saturated carbocycles. The quantitative estimate of drug-likeness (QED) is 0.693. The molecule has 0 bridgehead atoms. The fourth-order valence-electron chi connectivity index (χ4n) is 3.05. The first-order chi connectivity index (χ1) is 13.3. The van der Waals surface area contributed by atoms with Crippen molar-refractivity contribution in [3.8, 4) is 11.6 Å². The van der Waals surface area contributed by atoms with Gasteiger partial charge in [-0.15, -0.1) is 10.2 Å². The molecule has 3 aromatic rings. The van der Waals surface area contributed by atoms with E-state index < -0.39 is 17.6 Å². The third-order valence-corrected chi connectivity index (χ3v) is 4.27. The smallest absolute Gasteiger partial charge is 0.416 e. The molecule has 2 aromatic heterocycles. The van der Waals surface area contributed by atoms with Gasteiger partial charge < -0.3 is 9.73 Å². The number of carbonyl (C=O) groups is 1. The van der Waals surface area contributed by atoms with Gasteiger partial charge in [0.2, 0.25) is 5.89 Å². The predicted molar refractivity (Wildman–Crippen MR) is 87.8 cm³/mol. The second-order valence-corrected chi connectivity index (χ2v) is 6.22. The molecule has 4 rings (SSSR count). The second-order valence-electron chi connectivity index (χ2n) is 6.22. The Kier molecular flexibility index (Phi) is 4.33. The largest absolute Gasteiger partial charge is 0.419 e. The molecule has 0 spiro atoms. The van der Waals surface area contributed by atoms with E-state index in [1.807, 2.05) is 0 Å².